The van der Waals surface area contributed by atoms with E-state index in [0.717, 1.165) is 22.6 Å². The van der Waals surface area contributed by atoms with Crippen LogP contribution in [-0.2, 0) is 6.54 Å². The van der Waals surface area contributed by atoms with E-state index in [1.54, 1.807) is 35.0 Å². The number of nitro groups is 1. The monoisotopic (exact) mass is 449 g/mol. The lowest BCUT2D eigenvalue weighted by Gasteiger charge is -2.12. The zero-order chi connectivity index (χ0) is 21.1. The van der Waals surface area contributed by atoms with E-state index in [1.807, 2.05) is 13.8 Å². The summed E-state index contributed by atoms with van der Waals surface area (Å²) in [5, 5.41) is 22.9. The maximum Gasteiger partial charge on any atom is 0.269 e. The zero-order valence-electron chi connectivity index (χ0n) is 15.6. The Morgan fingerprint density at radius 2 is 1.76 bits per heavy atom. The average Bonchev–Trinajstić information content (AvgIpc) is 2.92. The predicted molar refractivity (Wildman–Crippen MR) is 120 cm³/mol. The molecule has 0 aliphatic carbocycles. The van der Waals surface area contributed by atoms with Gasteiger partial charge in [-0.15, -0.1) is 0 Å². The molecule has 0 bridgehead atoms. The Balaban J connectivity index is 1.74. The Bertz CT molecular complexity index is 1060. The topological polar surface area (TPSA) is 85.0 Å². The molecule has 3 aromatic rings. The van der Waals surface area contributed by atoms with Crippen LogP contribution in [0, 0.1) is 24.0 Å². The molecule has 0 amide bonds. The largest absolute Gasteiger partial charge is 0.332 e. The summed E-state index contributed by atoms with van der Waals surface area (Å²) in [7, 11) is 0. The third-order valence-corrected chi connectivity index (χ3v) is 5.24. The fourth-order valence-electron chi connectivity index (χ4n) is 2.81. The van der Waals surface area contributed by atoms with Crippen molar-refractivity contribution >= 4 is 57.6 Å². The minimum absolute atomic E-state index is 0.0145. The molecule has 0 aliphatic heterocycles. The van der Waals surface area contributed by atoms with Gasteiger partial charge in [-0.2, -0.15) is 5.10 Å². The molecule has 1 heterocycles. The maximum absolute atomic E-state index is 10.7. The fourth-order valence-corrected chi connectivity index (χ4v) is 3.54. The first-order valence-electron chi connectivity index (χ1n) is 8.55. The van der Waals surface area contributed by atoms with Gasteiger partial charge in [-0.3, -0.25) is 14.8 Å². The molecule has 0 aliphatic rings. The molecular weight excluding hydrogens is 433 g/mol. The summed E-state index contributed by atoms with van der Waals surface area (Å²) in [5.74, 6) is 0. The van der Waals surface area contributed by atoms with Gasteiger partial charge in [-0.1, -0.05) is 29.3 Å². The van der Waals surface area contributed by atoms with Gasteiger partial charge < -0.3 is 10.6 Å². The smallest absolute Gasteiger partial charge is 0.269 e. The number of hydrogen-bond acceptors (Lipinski definition) is 4. The van der Waals surface area contributed by atoms with Gasteiger partial charge in [-0.05, 0) is 50.3 Å². The van der Waals surface area contributed by atoms with Gasteiger partial charge >= 0.3 is 0 Å². The summed E-state index contributed by atoms with van der Waals surface area (Å²) in [6.45, 7) is 4.21. The Hall–Kier alpha value is -2.68. The molecule has 7 nitrogen and oxygen atoms in total. The van der Waals surface area contributed by atoms with Gasteiger partial charge in [0.2, 0.25) is 0 Å². The number of aryl methyl sites for hydroxylation is 1. The second kappa shape index (κ2) is 8.77. The van der Waals surface area contributed by atoms with E-state index in [9.17, 15) is 10.1 Å². The lowest BCUT2D eigenvalue weighted by molar-refractivity contribution is -0.384. The number of anilines is 2. The Morgan fingerprint density at radius 1 is 1.14 bits per heavy atom. The van der Waals surface area contributed by atoms with E-state index in [-0.39, 0.29) is 5.69 Å². The number of nitrogens with one attached hydrogen (secondary N) is 2. The summed E-state index contributed by atoms with van der Waals surface area (Å²) in [4.78, 5) is 10.3. The van der Waals surface area contributed by atoms with Crippen molar-refractivity contribution in [3.63, 3.8) is 0 Å². The molecule has 0 unspecified atom stereocenters. The van der Waals surface area contributed by atoms with Gasteiger partial charge in [0.25, 0.3) is 5.69 Å². The fraction of sp³-hybridized carbons (Fsp3) is 0.158. The van der Waals surface area contributed by atoms with Crippen LogP contribution >= 0.6 is 35.4 Å². The van der Waals surface area contributed by atoms with Crippen LogP contribution in [0.25, 0.3) is 0 Å². The standard InChI is InChI=1S/C19H17Cl2N5O2S/c1-11-18(23-19(29)22-13-6-8-14(9-7-13)26(27)28)12(2)25(24-11)10-15-16(20)4-3-5-17(15)21/h3-9H,10H2,1-2H3,(H2,22,23,29). The van der Waals surface area contributed by atoms with Crippen molar-refractivity contribution in [1.29, 1.82) is 0 Å². The van der Waals surface area contributed by atoms with Gasteiger partial charge in [0.1, 0.15) is 0 Å². The summed E-state index contributed by atoms with van der Waals surface area (Å²) in [6, 6.07) is 11.4. The number of non-ortho nitro benzene ring substituents is 1. The number of halogens is 2. The van der Waals surface area contributed by atoms with Crippen molar-refractivity contribution in [3.8, 4) is 0 Å². The first-order chi connectivity index (χ1) is 13.8. The van der Waals surface area contributed by atoms with Crippen molar-refractivity contribution in [3.05, 3.63) is 79.6 Å². The molecule has 0 saturated carbocycles. The number of rotatable bonds is 5. The lowest BCUT2D eigenvalue weighted by atomic mass is 10.2. The minimum Gasteiger partial charge on any atom is -0.332 e. The van der Waals surface area contributed by atoms with Crippen molar-refractivity contribution in [1.82, 2.24) is 9.78 Å². The molecule has 29 heavy (non-hydrogen) atoms. The molecule has 0 fully saturated rings. The van der Waals surface area contributed by atoms with E-state index < -0.39 is 4.92 Å². The summed E-state index contributed by atoms with van der Waals surface area (Å²) >= 11 is 17.9. The van der Waals surface area contributed by atoms with Crippen LogP contribution in [0.3, 0.4) is 0 Å². The second-order valence-electron chi connectivity index (χ2n) is 6.29. The number of nitrogens with zero attached hydrogens (tertiary/aromatic N) is 3. The number of hydrogen-bond donors (Lipinski definition) is 2. The highest BCUT2D eigenvalue weighted by Crippen LogP contribution is 2.27. The van der Waals surface area contributed by atoms with E-state index in [1.165, 1.54) is 12.1 Å². The molecule has 0 saturated heterocycles. The van der Waals surface area contributed by atoms with Crippen LogP contribution in [0.5, 0.6) is 0 Å². The SMILES string of the molecule is Cc1nn(Cc2c(Cl)cccc2Cl)c(C)c1NC(=S)Nc1ccc([N+](=O)[O-])cc1. The minimum atomic E-state index is -0.452. The zero-order valence-corrected chi connectivity index (χ0v) is 17.9. The van der Waals surface area contributed by atoms with Crippen LogP contribution in [0.1, 0.15) is 17.0 Å². The highest BCUT2D eigenvalue weighted by Gasteiger charge is 2.15. The van der Waals surface area contributed by atoms with Gasteiger partial charge in [-0.25, -0.2) is 0 Å². The van der Waals surface area contributed by atoms with Crippen LogP contribution in [0.15, 0.2) is 42.5 Å². The van der Waals surface area contributed by atoms with Crippen molar-refractivity contribution in [2.24, 2.45) is 0 Å². The molecule has 2 aromatic carbocycles. The maximum atomic E-state index is 10.7. The van der Waals surface area contributed by atoms with Gasteiger partial charge in [0, 0.05) is 33.4 Å². The third-order valence-electron chi connectivity index (χ3n) is 4.33. The predicted octanol–water partition coefficient (Wildman–Crippen LogP) is 5.57. The second-order valence-corrected chi connectivity index (χ2v) is 7.51. The summed E-state index contributed by atoms with van der Waals surface area (Å²) in [5.41, 5.74) is 3.84. The first-order valence-corrected chi connectivity index (χ1v) is 9.72. The van der Waals surface area contributed by atoms with Gasteiger partial charge in [0.05, 0.1) is 28.5 Å². The van der Waals surface area contributed by atoms with Crippen LogP contribution in [-0.4, -0.2) is 19.8 Å². The molecule has 0 radical (unpaired) electrons. The molecule has 0 atom stereocenters. The summed E-state index contributed by atoms with van der Waals surface area (Å²) in [6.07, 6.45) is 0. The molecule has 10 heteroatoms. The highest BCUT2D eigenvalue weighted by atomic mass is 35.5. The summed E-state index contributed by atoms with van der Waals surface area (Å²) < 4.78 is 1.80. The average molecular weight is 450 g/mol. The van der Waals surface area contributed by atoms with Crippen molar-refractivity contribution in [2.45, 2.75) is 20.4 Å². The third kappa shape index (κ3) is 4.84. The molecular formula is C19H17Cl2N5O2S. The van der Waals surface area contributed by atoms with Crippen molar-refractivity contribution in [2.75, 3.05) is 10.6 Å². The Kier molecular flexibility index (Phi) is 6.36. The molecule has 3 rings (SSSR count). The molecule has 1 aromatic heterocycles. The van der Waals surface area contributed by atoms with E-state index in [2.05, 4.69) is 15.7 Å². The number of thiocarbonyl (C=S) groups is 1. The normalized spacial score (nSPS) is 10.6. The molecule has 0 spiro atoms. The Morgan fingerprint density at radius 3 is 2.34 bits per heavy atom. The highest BCUT2D eigenvalue weighted by molar-refractivity contribution is 7.80. The number of aromatic nitrogens is 2. The van der Waals surface area contributed by atoms with E-state index in [4.69, 9.17) is 35.4 Å². The number of nitro benzene ring substituents is 1. The van der Waals surface area contributed by atoms with E-state index >= 15 is 0 Å². The molecule has 2 N–H and O–H groups in total. The van der Waals surface area contributed by atoms with Crippen molar-refractivity contribution < 1.29 is 4.92 Å². The Labute approximate surface area is 182 Å². The van der Waals surface area contributed by atoms with Crippen LogP contribution in [0.4, 0.5) is 17.1 Å². The van der Waals surface area contributed by atoms with Crippen LogP contribution < -0.4 is 10.6 Å². The van der Waals surface area contributed by atoms with Crippen LogP contribution in [0.2, 0.25) is 10.0 Å². The first kappa shape index (κ1) is 21.0. The number of benzene rings is 2. The lowest BCUT2D eigenvalue weighted by Crippen LogP contribution is -2.20. The molecule has 150 valence electrons. The van der Waals surface area contributed by atoms with Gasteiger partial charge in [0.15, 0.2) is 5.11 Å². The quantitative estimate of drug-likeness (QED) is 0.300. The van der Waals surface area contributed by atoms with E-state index in [0.29, 0.717) is 27.4 Å².